The molecule has 1 saturated carbocycles. The SMILES string of the molecule is Cc1c(Oc2cccnc2)c(OC(C)C)nn1-c1ncc(C2CC2)cn1. The predicted molar refractivity (Wildman–Crippen MR) is 95.9 cm³/mol. The van der Waals surface area contributed by atoms with Crippen molar-refractivity contribution in [1.29, 1.82) is 0 Å². The van der Waals surface area contributed by atoms with E-state index in [4.69, 9.17) is 9.47 Å². The second-order valence-corrected chi connectivity index (χ2v) is 6.68. The second-order valence-electron chi connectivity index (χ2n) is 6.68. The van der Waals surface area contributed by atoms with Crippen LogP contribution in [0, 0.1) is 6.92 Å². The van der Waals surface area contributed by atoms with Crippen LogP contribution >= 0.6 is 0 Å². The van der Waals surface area contributed by atoms with Gasteiger partial charge in [-0.2, -0.15) is 4.68 Å². The Kier molecular flexibility index (Phi) is 4.28. The van der Waals surface area contributed by atoms with Crippen LogP contribution in [0.1, 0.15) is 43.9 Å². The zero-order valence-electron chi connectivity index (χ0n) is 15.1. The lowest BCUT2D eigenvalue weighted by Gasteiger charge is -2.09. The van der Waals surface area contributed by atoms with Crippen molar-refractivity contribution in [2.24, 2.45) is 0 Å². The molecule has 1 aliphatic carbocycles. The highest BCUT2D eigenvalue weighted by molar-refractivity contribution is 5.44. The standard InChI is InChI=1S/C19H21N5O2/c1-12(2)25-18-17(26-16-5-4-8-20-11-16)13(3)24(23-18)19-21-9-15(10-22-19)14-6-7-14/h4-5,8-12,14H,6-7H2,1-3H3. The number of rotatable bonds is 6. The molecule has 3 heterocycles. The summed E-state index contributed by atoms with van der Waals surface area (Å²) in [6, 6.07) is 3.65. The zero-order valence-corrected chi connectivity index (χ0v) is 15.1. The summed E-state index contributed by atoms with van der Waals surface area (Å²) in [5.41, 5.74) is 1.95. The summed E-state index contributed by atoms with van der Waals surface area (Å²) < 4.78 is 13.5. The summed E-state index contributed by atoms with van der Waals surface area (Å²) in [7, 11) is 0. The van der Waals surface area contributed by atoms with Gasteiger partial charge in [0.1, 0.15) is 5.75 Å². The fourth-order valence-electron chi connectivity index (χ4n) is 2.67. The summed E-state index contributed by atoms with van der Waals surface area (Å²) >= 11 is 0. The summed E-state index contributed by atoms with van der Waals surface area (Å²) in [6.45, 7) is 5.80. The third-order valence-corrected chi connectivity index (χ3v) is 4.13. The monoisotopic (exact) mass is 351 g/mol. The van der Waals surface area contributed by atoms with Crippen molar-refractivity contribution in [3.8, 4) is 23.3 Å². The maximum absolute atomic E-state index is 5.99. The molecule has 3 aromatic rings. The molecule has 0 N–H and O–H groups in total. The van der Waals surface area contributed by atoms with Crippen LogP contribution in [0.25, 0.3) is 5.95 Å². The van der Waals surface area contributed by atoms with E-state index in [0.717, 1.165) is 5.69 Å². The third kappa shape index (κ3) is 3.37. The summed E-state index contributed by atoms with van der Waals surface area (Å²) in [5.74, 6) is 2.69. The van der Waals surface area contributed by atoms with Crippen molar-refractivity contribution in [1.82, 2.24) is 24.7 Å². The Morgan fingerprint density at radius 1 is 1.15 bits per heavy atom. The van der Waals surface area contributed by atoms with Crippen molar-refractivity contribution in [2.45, 2.75) is 45.6 Å². The van der Waals surface area contributed by atoms with E-state index >= 15 is 0 Å². The molecule has 7 heteroatoms. The average molecular weight is 351 g/mol. The molecule has 134 valence electrons. The van der Waals surface area contributed by atoms with Gasteiger partial charge in [-0.3, -0.25) is 4.98 Å². The normalized spacial score (nSPS) is 13.8. The molecule has 0 radical (unpaired) electrons. The smallest absolute Gasteiger partial charge is 0.277 e. The summed E-state index contributed by atoms with van der Waals surface area (Å²) in [6.07, 6.45) is 9.52. The zero-order chi connectivity index (χ0) is 18.1. The highest BCUT2D eigenvalue weighted by atomic mass is 16.5. The van der Waals surface area contributed by atoms with Crippen molar-refractivity contribution in [3.05, 3.63) is 48.2 Å². The lowest BCUT2D eigenvalue weighted by Crippen LogP contribution is -2.08. The molecule has 4 rings (SSSR count). The molecule has 1 fully saturated rings. The minimum atomic E-state index is -0.0350. The van der Waals surface area contributed by atoms with Gasteiger partial charge < -0.3 is 9.47 Å². The maximum Gasteiger partial charge on any atom is 0.277 e. The molecular weight excluding hydrogens is 330 g/mol. The molecule has 3 aromatic heterocycles. The van der Waals surface area contributed by atoms with Crippen molar-refractivity contribution in [3.63, 3.8) is 0 Å². The van der Waals surface area contributed by atoms with Crippen LogP contribution in [-0.4, -0.2) is 30.8 Å². The fraction of sp³-hybridized carbons (Fsp3) is 0.368. The van der Waals surface area contributed by atoms with Crippen LogP contribution < -0.4 is 9.47 Å². The average Bonchev–Trinajstić information content (AvgIpc) is 3.45. The number of pyridine rings is 1. The van der Waals surface area contributed by atoms with Crippen LogP contribution in [0.4, 0.5) is 0 Å². The van der Waals surface area contributed by atoms with Gasteiger partial charge in [0.2, 0.25) is 5.75 Å². The molecule has 0 unspecified atom stereocenters. The Morgan fingerprint density at radius 2 is 1.92 bits per heavy atom. The first-order chi connectivity index (χ1) is 12.6. The van der Waals surface area contributed by atoms with Crippen LogP contribution in [0.3, 0.4) is 0 Å². The largest absolute Gasteiger partial charge is 0.471 e. The van der Waals surface area contributed by atoms with E-state index in [2.05, 4.69) is 20.1 Å². The van der Waals surface area contributed by atoms with Crippen molar-refractivity contribution in [2.75, 3.05) is 0 Å². The first-order valence-electron chi connectivity index (χ1n) is 8.78. The van der Waals surface area contributed by atoms with Gasteiger partial charge in [0.05, 0.1) is 18.0 Å². The van der Waals surface area contributed by atoms with Gasteiger partial charge in [-0.1, -0.05) is 0 Å². The molecule has 7 nitrogen and oxygen atoms in total. The van der Waals surface area contributed by atoms with Crippen LogP contribution in [-0.2, 0) is 0 Å². The first-order valence-corrected chi connectivity index (χ1v) is 8.78. The maximum atomic E-state index is 5.99. The Morgan fingerprint density at radius 3 is 2.54 bits per heavy atom. The van der Waals surface area contributed by atoms with Gasteiger partial charge in [-0.05, 0) is 57.2 Å². The molecular formula is C19H21N5O2. The van der Waals surface area contributed by atoms with E-state index in [9.17, 15) is 0 Å². The third-order valence-electron chi connectivity index (χ3n) is 4.13. The lowest BCUT2D eigenvalue weighted by molar-refractivity contribution is 0.223. The van der Waals surface area contributed by atoms with E-state index in [-0.39, 0.29) is 6.10 Å². The quantitative estimate of drug-likeness (QED) is 0.672. The van der Waals surface area contributed by atoms with Crippen LogP contribution in [0.2, 0.25) is 0 Å². The topological polar surface area (TPSA) is 75.0 Å². The second kappa shape index (κ2) is 6.74. The fourth-order valence-corrected chi connectivity index (χ4v) is 2.67. The van der Waals surface area contributed by atoms with Gasteiger partial charge in [0.15, 0.2) is 0 Å². The van der Waals surface area contributed by atoms with E-state index < -0.39 is 0 Å². The number of hydrogen-bond donors (Lipinski definition) is 0. The highest BCUT2D eigenvalue weighted by Gasteiger charge is 2.25. The molecule has 0 saturated heterocycles. The number of nitrogens with zero attached hydrogens (tertiary/aromatic N) is 5. The number of aromatic nitrogens is 5. The predicted octanol–water partition coefficient (Wildman–Crippen LogP) is 3.82. The van der Waals surface area contributed by atoms with Crippen LogP contribution in [0.5, 0.6) is 17.4 Å². The van der Waals surface area contributed by atoms with E-state index in [1.807, 2.05) is 45.3 Å². The molecule has 0 atom stereocenters. The summed E-state index contributed by atoms with van der Waals surface area (Å²) in [5, 5.41) is 4.53. The van der Waals surface area contributed by atoms with Gasteiger partial charge in [0, 0.05) is 18.6 Å². The van der Waals surface area contributed by atoms with E-state index in [1.54, 1.807) is 17.1 Å². The Bertz CT molecular complexity index is 886. The van der Waals surface area contributed by atoms with Gasteiger partial charge in [-0.15, -0.1) is 5.10 Å². The van der Waals surface area contributed by atoms with Crippen molar-refractivity contribution >= 4 is 0 Å². The number of hydrogen-bond acceptors (Lipinski definition) is 6. The van der Waals surface area contributed by atoms with Gasteiger partial charge in [0.25, 0.3) is 11.8 Å². The number of ether oxygens (including phenoxy) is 2. The van der Waals surface area contributed by atoms with Gasteiger partial charge >= 0.3 is 0 Å². The first kappa shape index (κ1) is 16.5. The molecule has 0 aromatic carbocycles. The van der Waals surface area contributed by atoms with Gasteiger partial charge in [-0.25, -0.2) is 9.97 Å². The van der Waals surface area contributed by atoms with Crippen LogP contribution in [0.15, 0.2) is 36.9 Å². The highest BCUT2D eigenvalue weighted by Crippen LogP contribution is 2.39. The lowest BCUT2D eigenvalue weighted by atomic mass is 10.2. The minimum Gasteiger partial charge on any atom is -0.471 e. The Labute approximate surface area is 152 Å². The molecule has 1 aliphatic rings. The van der Waals surface area contributed by atoms with E-state index in [0.29, 0.717) is 29.2 Å². The Balaban J connectivity index is 1.70. The molecule has 26 heavy (non-hydrogen) atoms. The summed E-state index contributed by atoms with van der Waals surface area (Å²) in [4.78, 5) is 13.0. The minimum absolute atomic E-state index is 0.0350. The molecule has 0 amide bonds. The Hall–Kier alpha value is -2.96. The van der Waals surface area contributed by atoms with E-state index in [1.165, 1.54) is 18.4 Å². The van der Waals surface area contributed by atoms with Crippen molar-refractivity contribution < 1.29 is 9.47 Å². The molecule has 0 spiro atoms. The molecule has 0 bridgehead atoms. The molecule has 0 aliphatic heterocycles.